The number of carboxylic acids is 1. The Morgan fingerprint density at radius 3 is 2.50 bits per heavy atom. The maximum atomic E-state index is 12.7. The quantitative estimate of drug-likeness (QED) is 0.697. The summed E-state index contributed by atoms with van der Waals surface area (Å²) < 4.78 is -0.185. The fourth-order valence-corrected chi connectivity index (χ4v) is 2.68. The number of rotatable bonds is 2. The minimum atomic E-state index is -1.26. The van der Waals surface area contributed by atoms with E-state index in [1.807, 2.05) is 20.8 Å². The van der Waals surface area contributed by atoms with Crippen LogP contribution in [0.2, 0.25) is 0 Å². The van der Waals surface area contributed by atoms with Crippen molar-refractivity contribution in [1.29, 1.82) is 0 Å². The van der Waals surface area contributed by atoms with E-state index in [-0.39, 0.29) is 17.1 Å². The Bertz CT molecular complexity index is 540. The lowest BCUT2D eigenvalue weighted by atomic mass is 10.0. The predicted octanol–water partition coefficient (Wildman–Crippen LogP) is -0.234. The third kappa shape index (κ3) is 1.85. The Labute approximate surface area is 117 Å². The van der Waals surface area contributed by atoms with Gasteiger partial charge >= 0.3 is 6.03 Å². The molecule has 0 spiro atoms. The molecule has 1 aromatic rings. The van der Waals surface area contributed by atoms with E-state index in [1.165, 1.54) is 30.5 Å². The van der Waals surface area contributed by atoms with Gasteiger partial charge in [-0.25, -0.2) is 9.78 Å². The van der Waals surface area contributed by atoms with Crippen molar-refractivity contribution in [1.82, 2.24) is 19.4 Å². The number of urea groups is 1. The second kappa shape index (κ2) is 4.52. The molecule has 1 aliphatic rings. The number of carbonyl (C=O) groups excluding carboxylic acids is 2. The topological polar surface area (TPSA) is 86.2 Å². The van der Waals surface area contributed by atoms with Crippen LogP contribution in [0.3, 0.4) is 0 Å². The summed E-state index contributed by atoms with van der Waals surface area (Å²) in [5.74, 6) is -0.811. The molecule has 2 amide bonds. The highest BCUT2D eigenvalue weighted by molar-refractivity contribution is 5.94. The van der Waals surface area contributed by atoms with E-state index >= 15 is 0 Å². The van der Waals surface area contributed by atoms with Crippen molar-refractivity contribution in [2.24, 2.45) is 0 Å². The highest BCUT2D eigenvalue weighted by atomic mass is 16.4. The number of likely N-dealkylation sites (N-methyl/N-ethyl adjacent to an activating group) is 1. The van der Waals surface area contributed by atoms with Gasteiger partial charge in [-0.2, -0.15) is 4.48 Å². The normalized spacial score (nSPS) is 26.9. The van der Waals surface area contributed by atoms with Crippen molar-refractivity contribution < 1.29 is 14.7 Å². The van der Waals surface area contributed by atoms with E-state index in [2.05, 4.69) is 9.97 Å². The summed E-state index contributed by atoms with van der Waals surface area (Å²) in [6.45, 7) is 5.72. The Balaban J connectivity index is 2.62. The van der Waals surface area contributed by atoms with E-state index in [9.17, 15) is 14.7 Å². The zero-order chi connectivity index (χ0) is 15.1. The third-order valence-electron chi connectivity index (χ3n) is 3.90. The van der Waals surface area contributed by atoms with Crippen LogP contribution in [0.5, 0.6) is 0 Å². The van der Waals surface area contributed by atoms with Gasteiger partial charge in [-0.15, -0.1) is 0 Å². The SMILES string of the molecule is CN1C(=O)[N+](c2cnccn2)(C(C)(C)C)CC1C(=O)[O-]. The summed E-state index contributed by atoms with van der Waals surface area (Å²) in [6.07, 6.45) is 4.53. The molecular weight excluding hydrogens is 260 g/mol. The first-order valence-electron chi connectivity index (χ1n) is 6.35. The molecule has 7 heteroatoms. The summed E-state index contributed by atoms with van der Waals surface area (Å²) in [5.41, 5.74) is -0.550. The number of hydrogen-bond acceptors (Lipinski definition) is 5. The van der Waals surface area contributed by atoms with Gasteiger partial charge in [0.15, 0.2) is 0 Å². The molecule has 2 unspecified atom stereocenters. The van der Waals surface area contributed by atoms with Crippen LogP contribution in [0.1, 0.15) is 20.8 Å². The molecule has 1 aromatic heterocycles. The molecule has 0 aliphatic carbocycles. The summed E-state index contributed by atoms with van der Waals surface area (Å²) in [4.78, 5) is 33.4. The molecule has 0 saturated carbocycles. The number of carboxylic acid groups (broad SMARTS) is 1. The number of aromatic nitrogens is 2. The molecule has 0 radical (unpaired) electrons. The van der Waals surface area contributed by atoms with Crippen LogP contribution in [0.15, 0.2) is 18.6 Å². The maximum absolute atomic E-state index is 12.7. The predicted molar refractivity (Wildman–Crippen MR) is 70.4 cm³/mol. The molecule has 1 fully saturated rings. The van der Waals surface area contributed by atoms with Gasteiger partial charge in [-0.1, -0.05) is 0 Å². The van der Waals surface area contributed by atoms with Gasteiger partial charge in [0.1, 0.15) is 24.3 Å². The van der Waals surface area contributed by atoms with Crippen LogP contribution >= 0.6 is 0 Å². The van der Waals surface area contributed by atoms with Crippen LogP contribution in [0.25, 0.3) is 0 Å². The first-order valence-corrected chi connectivity index (χ1v) is 6.35. The number of hydrogen-bond donors (Lipinski definition) is 0. The van der Waals surface area contributed by atoms with Crippen molar-refractivity contribution in [3.8, 4) is 0 Å². The Morgan fingerprint density at radius 1 is 1.45 bits per heavy atom. The average Bonchev–Trinajstić information content (AvgIpc) is 2.64. The lowest BCUT2D eigenvalue weighted by molar-refractivity contribution is -0.309. The maximum Gasteiger partial charge on any atom is 0.426 e. The van der Waals surface area contributed by atoms with Gasteiger partial charge in [0.2, 0.25) is 0 Å². The number of amides is 2. The minimum absolute atomic E-state index is 0.0832. The van der Waals surface area contributed by atoms with E-state index < -0.39 is 17.6 Å². The number of aliphatic carboxylic acids is 1. The first kappa shape index (κ1) is 14.4. The van der Waals surface area contributed by atoms with Crippen LogP contribution in [0, 0.1) is 0 Å². The van der Waals surface area contributed by atoms with Crippen molar-refractivity contribution >= 4 is 17.8 Å². The molecule has 2 heterocycles. The molecule has 7 nitrogen and oxygen atoms in total. The van der Waals surface area contributed by atoms with Gasteiger partial charge < -0.3 is 9.90 Å². The lowest BCUT2D eigenvalue weighted by Gasteiger charge is -2.40. The minimum Gasteiger partial charge on any atom is -0.548 e. The Kier molecular flexibility index (Phi) is 3.25. The molecule has 0 aromatic carbocycles. The second-order valence-electron chi connectivity index (χ2n) is 5.96. The Morgan fingerprint density at radius 2 is 2.10 bits per heavy atom. The number of carbonyl (C=O) groups is 2. The summed E-state index contributed by atoms with van der Waals surface area (Å²) in [7, 11) is 1.48. The molecule has 1 saturated heterocycles. The lowest BCUT2D eigenvalue weighted by Crippen LogP contribution is -2.64. The highest BCUT2D eigenvalue weighted by Crippen LogP contribution is 2.37. The highest BCUT2D eigenvalue weighted by Gasteiger charge is 2.60. The average molecular weight is 278 g/mol. The molecule has 0 N–H and O–H groups in total. The van der Waals surface area contributed by atoms with Crippen LogP contribution in [0.4, 0.5) is 10.6 Å². The van der Waals surface area contributed by atoms with Crippen LogP contribution in [-0.4, -0.2) is 52.0 Å². The number of nitrogens with zero attached hydrogens (tertiary/aromatic N) is 4. The fraction of sp³-hybridized carbons (Fsp3) is 0.538. The van der Waals surface area contributed by atoms with E-state index in [1.54, 1.807) is 0 Å². The van der Waals surface area contributed by atoms with Gasteiger partial charge in [0.05, 0.1) is 12.2 Å². The van der Waals surface area contributed by atoms with Crippen LogP contribution < -0.4 is 9.59 Å². The molecule has 2 rings (SSSR count). The largest absolute Gasteiger partial charge is 0.548 e. The molecule has 108 valence electrons. The molecular formula is C13H18N4O3. The first-order chi connectivity index (χ1) is 9.22. The molecule has 1 aliphatic heterocycles. The summed E-state index contributed by atoms with van der Waals surface area (Å²) >= 11 is 0. The van der Waals surface area contributed by atoms with Gasteiger partial charge in [-0.3, -0.25) is 9.88 Å². The summed E-state index contributed by atoms with van der Waals surface area (Å²) in [6, 6.07) is -1.28. The van der Waals surface area contributed by atoms with Gasteiger partial charge in [0.25, 0.3) is 5.82 Å². The van der Waals surface area contributed by atoms with Crippen molar-refractivity contribution in [3.63, 3.8) is 0 Å². The van der Waals surface area contributed by atoms with E-state index in [0.29, 0.717) is 5.82 Å². The molecule has 20 heavy (non-hydrogen) atoms. The van der Waals surface area contributed by atoms with E-state index in [4.69, 9.17) is 0 Å². The zero-order valence-electron chi connectivity index (χ0n) is 12.0. The molecule has 0 bridgehead atoms. The smallest absolute Gasteiger partial charge is 0.426 e. The number of quaternary nitrogens is 1. The van der Waals surface area contributed by atoms with Crippen molar-refractivity contribution in [2.75, 3.05) is 13.6 Å². The van der Waals surface area contributed by atoms with Crippen molar-refractivity contribution in [3.05, 3.63) is 18.6 Å². The van der Waals surface area contributed by atoms with Gasteiger partial charge in [-0.05, 0) is 20.8 Å². The third-order valence-corrected chi connectivity index (χ3v) is 3.90. The van der Waals surface area contributed by atoms with Crippen molar-refractivity contribution in [2.45, 2.75) is 32.4 Å². The standard InChI is InChI=1S/C13H18N4O3/c1-13(2,3)17(10-7-14-5-6-15-10)8-9(11(18)19)16(4)12(17)20/h5-7,9H,8H2,1-4H3. The molecule has 2 atom stereocenters. The fourth-order valence-electron chi connectivity index (χ4n) is 2.68. The zero-order valence-corrected chi connectivity index (χ0v) is 12.0. The summed E-state index contributed by atoms with van der Waals surface area (Å²) in [5, 5.41) is 11.3. The monoisotopic (exact) mass is 278 g/mol. The van der Waals surface area contributed by atoms with E-state index in [0.717, 1.165) is 0 Å². The van der Waals surface area contributed by atoms with Crippen LogP contribution in [-0.2, 0) is 4.79 Å². The van der Waals surface area contributed by atoms with Gasteiger partial charge in [0, 0.05) is 13.2 Å². The Hall–Kier alpha value is -2.02. The second-order valence-corrected chi connectivity index (χ2v) is 5.96.